The number of ketones is 2. The Morgan fingerprint density at radius 2 is 1.23 bits per heavy atom. The molecule has 52 heavy (non-hydrogen) atoms. The number of hydrogen-bond donors (Lipinski definition) is 1. The van der Waals surface area contributed by atoms with Gasteiger partial charge in [0.05, 0.1) is 35.7 Å². The first-order chi connectivity index (χ1) is 24.9. The van der Waals surface area contributed by atoms with Crippen molar-refractivity contribution < 1.29 is 33.9 Å². The molecule has 0 saturated carbocycles. The molecule has 0 spiro atoms. The van der Waals surface area contributed by atoms with E-state index in [1.807, 2.05) is 50.2 Å². The molecular weight excluding hydrogens is 668 g/mol. The van der Waals surface area contributed by atoms with Crippen LogP contribution in [0.5, 0.6) is 11.5 Å². The van der Waals surface area contributed by atoms with E-state index < -0.39 is 16.3 Å². The van der Waals surface area contributed by atoms with Crippen LogP contribution in [0.3, 0.4) is 0 Å². The van der Waals surface area contributed by atoms with Crippen LogP contribution in [0.1, 0.15) is 53.6 Å². The number of carboxylic acid groups (broad SMARTS) is 1. The van der Waals surface area contributed by atoms with Gasteiger partial charge in [-0.2, -0.15) is 0 Å². The summed E-state index contributed by atoms with van der Waals surface area (Å²) in [6.07, 6.45) is 4.86. The predicted molar refractivity (Wildman–Crippen MR) is 193 cm³/mol. The Bertz CT molecular complexity index is 2650. The number of benzene rings is 2. The lowest BCUT2D eigenvalue weighted by molar-refractivity contribution is -0.384. The van der Waals surface area contributed by atoms with E-state index in [1.54, 1.807) is 59.2 Å². The van der Waals surface area contributed by atoms with Gasteiger partial charge < -0.3 is 27.9 Å². The summed E-state index contributed by atoms with van der Waals surface area (Å²) in [4.78, 5) is 60.5. The molecular formula is C39H32N4O9. The molecule has 262 valence electrons. The van der Waals surface area contributed by atoms with Gasteiger partial charge in [-0.1, -0.05) is 12.1 Å². The summed E-state index contributed by atoms with van der Waals surface area (Å²) < 4.78 is 16.0. The Balaban J connectivity index is 0.000000183. The first kappa shape index (κ1) is 34.8. The topological polar surface area (TPSA) is 164 Å². The second-order valence-electron chi connectivity index (χ2n) is 11.9. The zero-order valence-electron chi connectivity index (χ0n) is 28.7. The number of hydrogen-bond acceptors (Lipinski definition) is 8. The largest absolute Gasteiger partial charge is 0.494 e. The minimum absolute atomic E-state index is 0.0455. The van der Waals surface area contributed by atoms with E-state index in [2.05, 4.69) is 0 Å². The average molecular weight is 701 g/mol. The van der Waals surface area contributed by atoms with E-state index in [9.17, 15) is 34.4 Å². The van der Waals surface area contributed by atoms with Crippen molar-refractivity contribution in [3.05, 3.63) is 157 Å². The average Bonchev–Trinajstić information content (AvgIpc) is 3.60. The number of fused-ring (bicyclic) bond motifs is 3. The molecule has 7 aromatic rings. The molecule has 5 heterocycles. The van der Waals surface area contributed by atoms with Crippen LogP contribution in [0.15, 0.2) is 102 Å². The SMILES string of the molecule is COc1c(C)c(C(=O)c2ccc([N+](=O)[O-])cc2)n2ccccc12.COc1c(C)c(C(=O)c2ccc3c(c2)c(=O)c(C(=O)O)cn3C)n2ccccc12. The van der Waals surface area contributed by atoms with Gasteiger partial charge in [-0.25, -0.2) is 4.79 Å². The zero-order chi connectivity index (χ0) is 37.4. The normalized spacial score (nSPS) is 10.9. The molecule has 0 saturated heterocycles. The van der Waals surface area contributed by atoms with Gasteiger partial charge in [0, 0.05) is 65.4 Å². The van der Waals surface area contributed by atoms with Crippen LogP contribution >= 0.6 is 0 Å². The Morgan fingerprint density at radius 3 is 1.71 bits per heavy atom. The molecule has 0 bridgehead atoms. The molecule has 0 aliphatic heterocycles. The minimum Gasteiger partial charge on any atom is -0.494 e. The van der Waals surface area contributed by atoms with E-state index in [4.69, 9.17) is 9.47 Å². The number of ether oxygens (including phenoxy) is 2. The Hall–Kier alpha value is -7.02. The Labute approximate surface area is 295 Å². The third kappa shape index (κ3) is 5.83. The number of non-ortho nitro benzene ring substituents is 1. The van der Waals surface area contributed by atoms with Gasteiger partial charge in [-0.15, -0.1) is 0 Å². The van der Waals surface area contributed by atoms with Gasteiger partial charge >= 0.3 is 5.97 Å². The number of methoxy groups -OCH3 is 2. The molecule has 0 unspecified atom stereocenters. The predicted octanol–water partition coefficient (Wildman–Crippen LogP) is 6.43. The molecule has 2 aromatic carbocycles. The quantitative estimate of drug-likeness (QED) is 0.107. The maximum Gasteiger partial charge on any atom is 0.341 e. The number of aromatic carboxylic acids is 1. The fourth-order valence-corrected chi connectivity index (χ4v) is 6.48. The highest BCUT2D eigenvalue weighted by Crippen LogP contribution is 2.33. The third-order valence-corrected chi connectivity index (χ3v) is 8.92. The van der Waals surface area contributed by atoms with Crippen molar-refractivity contribution in [1.82, 2.24) is 13.4 Å². The molecule has 13 nitrogen and oxygen atoms in total. The second kappa shape index (κ2) is 13.7. The highest BCUT2D eigenvalue weighted by molar-refractivity contribution is 6.12. The fourth-order valence-electron chi connectivity index (χ4n) is 6.48. The van der Waals surface area contributed by atoms with Crippen molar-refractivity contribution in [2.45, 2.75) is 13.8 Å². The van der Waals surface area contributed by atoms with E-state index >= 15 is 0 Å². The third-order valence-electron chi connectivity index (χ3n) is 8.92. The summed E-state index contributed by atoms with van der Waals surface area (Å²) in [6.45, 7) is 3.63. The number of pyridine rings is 3. The van der Waals surface area contributed by atoms with E-state index in [1.165, 1.54) is 36.5 Å². The van der Waals surface area contributed by atoms with Crippen molar-refractivity contribution >= 4 is 45.2 Å². The maximum absolute atomic E-state index is 13.4. The first-order valence-corrected chi connectivity index (χ1v) is 15.9. The molecule has 0 aliphatic carbocycles. The zero-order valence-corrected chi connectivity index (χ0v) is 28.7. The van der Waals surface area contributed by atoms with Crippen molar-refractivity contribution in [1.29, 1.82) is 0 Å². The number of nitro benzene ring substituents is 1. The molecule has 1 N–H and O–H groups in total. The number of aryl methyl sites for hydroxylation is 1. The highest BCUT2D eigenvalue weighted by atomic mass is 16.6. The summed E-state index contributed by atoms with van der Waals surface area (Å²) in [7, 11) is 4.78. The number of aromatic nitrogens is 3. The number of rotatable bonds is 8. The van der Waals surface area contributed by atoms with E-state index in [0.717, 1.165) is 16.6 Å². The van der Waals surface area contributed by atoms with Crippen molar-refractivity contribution in [3.8, 4) is 11.5 Å². The van der Waals surface area contributed by atoms with Crippen LogP contribution in [-0.4, -0.2) is 55.2 Å². The fraction of sp³-hybridized carbons (Fsp3) is 0.128. The second-order valence-corrected chi connectivity index (χ2v) is 11.9. The van der Waals surface area contributed by atoms with Crippen LogP contribution in [-0.2, 0) is 7.05 Å². The maximum atomic E-state index is 13.4. The Kier molecular flexibility index (Phi) is 9.18. The van der Waals surface area contributed by atoms with Crippen molar-refractivity contribution in [2.75, 3.05) is 14.2 Å². The van der Waals surface area contributed by atoms with Crippen LogP contribution in [0.4, 0.5) is 5.69 Å². The first-order valence-electron chi connectivity index (χ1n) is 15.9. The van der Waals surface area contributed by atoms with Gasteiger partial charge in [0.25, 0.3) is 5.69 Å². The number of nitrogens with zero attached hydrogens (tertiary/aromatic N) is 4. The summed E-state index contributed by atoms with van der Waals surface area (Å²) in [5.41, 5.74) is 4.16. The van der Waals surface area contributed by atoms with E-state index in [0.29, 0.717) is 45.1 Å². The lowest BCUT2D eigenvalue weighted by Gasteiger charge is -2.09. The molecule has 0 amide bonds. The smallest absolute Gasteiger partial charge is 0.341 e. The number of carbonyl (C=O) groups is 3. The molecule has 5 aromatic heterocycles. The van der Waals surface area contributed by atoms with Gasteiger partial charge in [0.2, 0.25) is 17.0 Å². The van der Waals surface area contributed by atoms with Crippen LogP contribution < -0.4 is 14.9 Å². The Morgan fingerprint density at radius 1 is 0.731 bits per heavy atom. The van der Waals surface area contributed by atoms with Crippen molar-refractivity contribution in [3.63, 3.8) is 0 Å². The summed E-state index contributed by atoms with van der Waals surface area (Å²) >= 11 is 0. The molecule has 0 fully saturated rings. The molecule has 0 atom stereocenters. The standard InChI is InChI=1S/C22H18N2O5.C17H14N2O4/c1-12-18(24-9-5-4-6-17(24)21(12)29-3)19(25)13-7-8-16-14(10-13)20(26)15(22(27)28)11-23(16)2;1-11-15(18-10-4-3-5-14(18)17(11)23-2)16(20)12-6-8-13(9-7-12)19(21)22/h4-11H,1-3H3,(H,27,28);3-10H,1-2H3. The van der Waals surface area contributed by atoms with Crippen molar-refractivity contribution in [2.24, 2.45) is 7.05 Å². The van der Waals surface area contributed by atoms with Crippen LogP contribution in [0.25, 0.3) is 21.9 Å². The lowest BCUT2D eigenvalue weighted by Crippen LogP contribution is -2.18. The number of nitro groups is 1. The minimum atomic E-state index is -1.30. The van der Waals surface area contributed by atoms with Crippen LogP contribution in [0.2, 0.25) is 0 Å². The lowest BCUT2D eigenvalue weighted by atomic mass is 10.0. The van der Waals surface area contributed by atoms with Gasteiger partial charge in [0.1, 0.15) is 28.5 Å². The van der Waals surface area contributed by atoms with Gasteiger partial charge in [0.15, 0.2) is 0 Å². The van der Waals surface area contributed by atoms with Gasteiger partial charge in [-0.05, 0) is 68.4 Å². The highest BCUT2D eigenvalue weighted by Gasteiger charge is 2.24. The van der Waals surface area contributed by atoms with Gasteiger partial charge in [-0.3, -0.25) is 24.5 Å². The van der Waals surface area contributed by atoms with E-state index in [-0.39, 0.29) is 28.2 Å². The molecule has 13 heteroatoms. The number of carboxylic acids is 1. The summed E-state index contributed by atoms with van der Waals surface area (Å²) in [6, 6.07) is 21.5. The van der Waals surface area contributed by atoms with Crippen LogP contribution in [0, 0.1) is 24.0 Å². The summed E-state index contributed by atoms with van der Waals surface area (Å²) in [5, 5.41) is 20.2. The molecule has 7 rings (SSSR count). The molecule has 0 aliphatic rings. The summed E-state index contributed by atoms with van der Waals surface area (Å²) in [5.74, 6) is -0.532. The number of carbonyl (C=O) groups excluding carboxylic acids is 2. The monoisotopic (exact) mass is 700 g/mol. The molecule has 0 radical (unpaired) electrons.